The van der Waals surface area contributed by atoms with Crippen LogP contribution < -0.4 is 0 Å². The minimum Gasteiger partial charge on any atom is -0.481 e. The van der Waals surface area contributed by atoms with Crippen molar-refractivity contribution < 1.29 is 9.90 Å². The summed E-state index contributed by atoms with van der Waals surface area (Å²) in [6, 6.07) is 0. The Balaban J connectivity index is 2.07. The van der Waals surface area contributed by atoms with Gasteiger partial charge in [0.2, 0.25) is 0 Å². The van der Waals surface area contributed by atoms with E-state index in [1.807, 2.05) is 11.8 Å². The highest BCUT2D eigenvalue weighted by molar-refractivity contribution is 7.99. The molecule has 0 aromatic heterocycles. The van der Waals surface area contributed by atoms with Crippen LogP contribution in [0.2, 0.25) is 0 Å². The summed E-state index contributed by atoms with van der Waals surface area (Å²) >= 11 is 1.96. The van der Waals surface area contributed by atoms with Crippen molar-refractivity contribution >= 4 is 17.7 Å². The van der Waals surface area contributed by atoms with Gasteiger partial charge in [0.1, 0.15) is 0 Å². The first-order valence-electron chi connectivity index (χ1n) is 5.27. The quantitative estimate of drug-likeness (QED) is 0.685. The fourth-order valence-corrected chi connectivity index (χ4v) is 2.39. The van der Waals surface area contributed by atoms with Gasteiger partial charge in [-0.05, 0) is 37.4 Å². The van der Waals surface area contributed by atoms with Gasteiger partial charge in [-0.15, -0.1) is 0 Å². The van der Waals surface area contributed by atoms with Crippen molar-refractivity contribution in [1.29, 1.82) is 0 Å². The van der Waals surface area contributed by atoms with E-state index >= 15 is 0 Å². The van der Waals surface area contributed by atoms with E-state index in [1.165, 1.54) is 17.9 Å². The van der Waals surface area contributed by atoms with E-state index in [1.54, 1.807) is 0 Å². The third-order valence-electron chi connectivity index (χ3n) is 2.59. The normalized spacial score (nSPS) is 22.8. The van der Waals surface area contributed by atoms with Crippen molar-refractivity contribution in [3.8, 4) is 0 Å². The standard InChI is InChI=1S/C10H19NO2S/c1-2-14-7-3-5-11-6-4-9(8-11)10(12)13/h9H,2-8H2,1H3,(H,12,13). The molecule has 0 spiro atoms. The van der Waals surface area contributed by atoms with Gasteiger partial charge in [-0.25, -0.2) is 0 Å². The summed E-state index contributed by atoms with van der Waals surface area (Å²) in [5, 5.41) is 8.81. The van der Waals surface area contributed by atoms with Gasteiger partial charge in [-0.1, -0.05) is 6.92 Å². The number of carboxylic acid groups (broad SMARTS) is 1. The second-order valence-electron chi connectivity index (χ2n) is 3.67. The van der Waals surface area contributed by atoms with Gasteiger partial charge in [0, 0.05) is 6.54 Å². The van der Waals surface area contributed by atoms with Gasteiger partial charge in [0.05, 0.1) is 5.92 Å². The number of carbonyl (C=O) groups is 1. The summed E-state index contributed by atoms with van der Waals surface area (Å²) < 4.78 is 0. The first-order valence-corrected chi connectivity index (χ1v) is 6.42. The third kappa shape index (κ3) is 3.88. The minimum atomic E-state index is -0.629. The molecule has 1 heterocycles. The Hall–Kier alpha value is -0.220. The average Bonchev–Trinajstić information content (AvgIpc) is 2.61. The van der Waals surface area contributed by atoms with Crippen LogP contribution in [0.15, 0.2) is 0 Å². The fraction of sp³-hybridized carbons (Fsp3) is 0.900. The summed E-state index contributed by atoms with van der Waals surface area (Å²) in [5.74, 6) is 1.63. The Kier molecular flexibility index (Phi) is 5.33. The van der Waals surface area contributed by atoms with Crippen LogP contribution in [-0.2, 0) is 4.79 Å². The van der Waals surface area contributed by atoms with E-state index in [-0.39, 0.29) is 5.92 Å². The zero-order valence-corrected chi connectivity index (χ0v) is 9.55. The van der Waals surface area contributed by atoms with Crippen LogP contribution in [0.1, 0.15) is 19.8 Å². The molecule has 3 nitrogen and oxygen atoms in total. The molecule has 0 aromatic carbocycles. The molecular weight excluding hydrogens is 198 g/mol. The maximum Gasteiger partial charge on any atom is 0.307 e. The summed E-state index contributed by atoms with van der Waals surface area (Å²) in [4.78, 5) is 13.0. The lowest BCUT2D eigenvalue weighted by molar-refractivity contribution is -0.141. The Morgan fingerprint density at radius 1 is 1.64 bits per heavy atom. The summed E-state index contributed by atoms with van der Waals surface area (Å²) in [6.07, 6.45) is 2.01. The smallest absolute Gasteiger partial charge is 0.307 e. The zero-order chi connectivity index (χ0) is 10.4. The van der Waals surface area contributed by atoms with Crippen LogP contribution in [0.5, 0.6) is 0 Å². The largest absolute Gasteiger partial charge is 0.481 e. The van der Waals surface area contributed by atoms with Crippen LogP contribution in [0.25, 0.3) is 0 Å². The lowest BCUT2D eigenvalue weighted by Gasteiger charge is -2.14. The van der Waals surface area contributed by atoms with Crippen molar-refractivity contribution in [2.24, 2.45) is 5.92 Å². The summed E-state index contributed by atoms with van der Waals surface area (Å²) in [5.41, 5.74) is 0. The molecule has 1 rings (SSSR count). The van der Waals surface area contributed by atoms with E-state index in [4.69, 9.17) is 5.11 Å². The van der Waals surface area contributed by atoms with Crippen LogP contribution in [0.3, 0.4) is 0 Å². The van der Waals surface area contributed by atoms with Gasteiger partial charge in [0.15, 0.2) is 0 Å². The Bertz CT molecular complexity index is 187. The van der Waals surface area contributed by atoms with E-state index < -0.39 is 5.97 Å². The average molecular weight is 217 g/mol. The maximum atomic E-state index is 10.7. The van der Waals surface area contributed by atoms with Crippen LogP contribution in [-0.4, -0.2) is 47.1 Å². The van der Waals surface area contributed by atoms with Crippen molar-refractivity contribution in [1.82, 2.24) is 4.90 Å². The number of aliphatic carboxylic acids is 1. The predicted octanol–water partition coefficient (Wildman–Crippen LogP) is 1.54. The number of likely N-dealkylation sites (tertiary alicyclic amines) is 1. The monoisotopic (exact) mass is 217 g/mol. The van der Waals surface area contributed by atoms with Gasteiger partial charge in [0.25, 0.3) is 0 Å². The molecule has 0 bridgehead atoms. The molecule has 4 heteroatoms. The number of hydrogen-bond acceptors (Lipinski definition) is 3. The van der Waals surface area contributed by atoms with Gasteiger partial charge in [-0.2, -0.15) is 11.8 Å². The van der Waals surface area contributed by atoms with Gasteiger partial charge >= 0.3 is 5.97 Å². The molecule has 1 aliphatic rings. The second kappa shape index (κ2) is 6.30. The van der Waals surface area contributed by atoms with Crippen LogP contribution in [0, 0.1) is 5.92 Å². The molecule has 1 atom stereocenters. The van der Waals surface area contributed by atoms with Crippen molar-refractivity contribution in [3.63, 3.8) is 0 Å². The number of hydrogen-bond donors (Lipinski definition) is 1. The molecule has 82 valence electrons. The molecule has 0 aliphatic carbocycles. The lowest BCUT2D eigenvalue weighted by Crippen LogP contribution is -2.24. The molecule has 0 aromatic rings. The van der Waals surface area contributed by atoms with E-state index in [0.29, 0.717) is 0 Å². The molecule has 1 N–H and O–H groups in total. The van der Waals surface area contributed by atoms with Gasteiger partial charge < -0.3 is 10.0 Å². The first kappa shape index (κ1) is 11.9. The maximum absolute atomic E-state index is 10.7. The van der Waals surface area contributed by atoms with Crippen molar-refractivity contribution in [2.75, 3.05) is 31.1 Å². The molecular formula is C10H19NO2S. The Labute approximate surface area is 89.9 Å². The number of thioether (sulfide) groups is 1. The Morgan fingerprint density at radius 2 is 2.43 bits per heavy atom. The molecule has 0 amide bonds. The second-order valence-corrected chi connectivity index (χ2v) is 5.07. The Morgan fingerprint density at radius 3 is 3.00 bits per heavy atom. The number of nitrogens with zero attached hydrogens (tertiary/aromatic N) is 1. The van der Waals surface area contributed by atoms with Gasteiger partial charge in [-0.3, -0.25) is 4.79 Å². The van der Waals surface area contributed by atoms with E-state index in [2.05, 4.69) is 11.8 Å². The molecule has 1 fully saturated rings. The van der Waals surface area contributed by atoms with Crippen LogP contribution >= 0.6 is 11.8 Å². The molecule has 0 saturated carbocycles. The zero-order valence-electron chi connectivity index (χ0n) is 8.74. The fourth-order valence-electron chi connectivity index (χ4n) is 1.77. The summed E-state index contributed by atoms with van der Waals surface area (Å²) in [6.45, 7) is 4.96. The van der Waals surface area contributed by atoms with Crippen molar-refractivity contribution in [3.05, 3.63) is 0 Å². The molecule has 1 aliphatic heterocycles. The molecule has 14 heavy (non-hydrogen) atoms. The summed E-state index contributed by atoms with van der Waals surface area (Å²) in [7, 11) is 0. The SMILES string of the molecule is CCSCCCN1CCC(C(=O)O)C1. The third-order valence-corrected chi connectivity index (χ3v) is 3.57. The first-order chi connectivity index (χ1) is 6.74. The number of rotatable bonds is 6. The highest BCUT2D eigenvalue weighted by Crippen LogP contribution is 2.16. The molecule has 1 unspecified atom stereocenters. The number of carboxylic acids is 1. The predicted molar refractivity (Wildman–Crippen MR) is 59.8 cm³/mol. The lowest BCUT2D eigenvalue weighted by atomic mass is 10.1. The van der Waals surface area contributed by atoms with E-state index in [0.717, 1.165) is 26.1 Å². The molecule has 1 saturated heterocycles. The van der Waals surface area contributed by atoms with Crippen molar-refractivity contribution in [2.45, 2.75) is 19.8 Å². The minimum absolute atomic E-state index is 0.117. The molecule has 0 radical (unpaired) electrons. The highest BCUT2D eigenvalue weighted by atomic mass is 32.2. The van der Waals surface area contributed by atoms with E-state index in [9.17, 15) is 4.79 Å². The van der Waals surface area contributed by atoms with Crippen LogP contribution in [0.4, 0.5) is 0 Å². The highest BCUT2D eigenvalue weighted by Gasteiger charge is 2.27. The topological polar surface area (TPSA) is 40.5 Å².